The van der Waals surface area contributed by atoms with Crippen LogP contribution in [-0.4, -0.2) is 48.9 Å². The Morgan fingerprint density at radius 1 is 1.17 bits per heavy atom. The molecule has 3 rings (SSSR count). The van der Waals surface area contributed by atoms with Gasteiger partial charge in [-0.15, -0.1) is 0 Å². The summed E-state index contributed by atoms with van der Waals surface area (Å²) in [4.78, 5) is 15.0. The molecule has 2 aromatic carbocycles. The summed E-state index contributed by atoms with van der Waals surface area (Å²) < 4.78 is 8.00. The minimum atomic E-state index is -0.202. The number of methoxy groups -OCH3 is 1. The van der Waals surface area contributed by atoms with Gasteiger partial charge in [0.1, 0.15) is 5.75 Å². The number of hydrogen-bond acceptors (Lipinski definition) is 4. The first kappa shape index (κ1) is 21.4. The molecule has 1 atom stereocenters. The van der Waals surface area contributed by atoms with Gasteiger partial charge in [-0.1, -0.05) is 28.8 Å². The number of carbonyl (C=O) groups is 1. The molecule has 1 amide bonds. The lowest BCUT2D eigenvalue weighted by Gasteiger charge is -2.38. The number of carbonyl (C=O) groups excluding carboxylic acids is 1. The van der Waals surface area contributed by atoms with Crippen LogP contribution in [0.15, 0.2) is 60.0 Å². The minimum absolute atomic E-state index is 0.0954. The standard InChI is InChI=1S/C22H26ClN3O2S/c1-4-22(27)24-18-7-9-19(10-8-18)29(5-2)26-14-12-25(13-15-26)20-16-17(23)6-11-21(20)28-3/h4-11,16H,1,12-15H2,2-3H3,(H,24,27). The molecule has 1 aliphatic heterocycles. The molecule has 0 saturated carbocycles. The van der Waals surface area contributed by atoms with Crippen molar-refractivity contribution in [3.63, 3.8) is 0 Å². The Morgan fingerprint density at radius 3 is 2.45 bits per heavy atom. The van der Waals surface area contributed by atoms with Gasteiger partial charge >= 0.3 is 0 Å². The Hall–Kier alpha value is -2.28. The average molecular weight is 432 g/mol. The molecule has 0 aliphatic carbocycles. The van der Waals surface area contributed by atoms with Crippen LogP contribution in [0.1, 0.15) is 6.92 Å². The number of benzene rings is 2. The normalized spacial score (nSPS) is 15.8. The molecule has 1 fully saturated rings. The first-order chi connectivity index (χ1) is 14.0. The van der Waals surface area contributed by atoms with E-state index >= 15 is 0 Å². The van der Waals surface area contributed by atoms with E-state index in [1.54, 1.807) is 7.11 Å². The van der Waals surface area contributed by atoms with Gasteiger partial charge in [-0.3, -0.25) is 4.79 Å². The summed E-state index contributed by atoms with van der Waals surface area (Å²) in [6, 6.07) is 13.8. The summed E-state index contributed by atoms with van der Waals surface area (Å²) in [6.45, 7) is 9.27. The molecule has 1 saturated heterocycles. The highest BCUT2D eigenvalue weighted by molar-refractivity contribution is 8.13. The molecule has 154 valence electrons. The van der Waals surface area contributed by atoms with Crippen molar-refractivity contribution in [1.82, 2.24) is 4.31 Å². The van der Waals surface area contributed by atoms with Crippen molar-refractivity contribution >= 4 is 44.9 Å². The van der Waals surface area contributed by atoms with E-state index in [0.717, 1.165) is 43.3 Å². The lowest BCUT2D eigenvalue weighted by atomic mass is 10.2. The van der Waals surface area contributed by atoms with Crippen LogP contribution >= 0.6 is 22.3 Å². The van der Waals surface area contributed by atoms with Crippen LogP contribution in [0.25, 0.3) is 0 Å². The van der Waals surface area contributed by atoms with Crippen LogP contribution in [0.5, 0.6) is 5.75 Å². The maximum atomic E-state index is 11.5. The number of hydrogen-bond donors (Lipinski definition) is 1. The highest BCUT2D eigenvalue weighted by atomic mass is 35.5. The minimum Gasteiger partial charge on any atom is -0.495 e. The van der Waals surface area contributed by atoms with Crippen LogP contribution in [0.3, 0.4) is 0 Å². The van der Waals surface area contributed by atoms with Gasteiger partial charge in [-0.25, -0.2) is 4.31 Å². The second-order valence-electron chi connectivity index (χ2n) is 6.50. The smallest absolute Gasteiger partial charge is 0.247 e. The number of halogens is 1. The van der Waals surface area contributed by atoms with Crippen molar-refractivity contribution in [1.29, 1.82) is 0 Å². The van der Waals surface area contributed by atoms with Gasteiger partial charge in [0.05, 0.1) is 12.8 Å². The van der Waals surface area contributed by atoms with Crippen LogP contribution < -0.4 is 15.0 Å². The molecule has 5 nitrogen and oxygen atoms in total. The van der Waals surface area contributed by atoms with E-state index in [4.69, 9.17) is 16.3 Å². The topological polar surface area (TPSA) is 44.8 Å². The second-order valence-corrected chi connectivity index (χ2v) is 9.02. The van der Waals surface area contributed by atoms with Crippen molar-refractivity contribution in [3.05, 3.63) is 60.1 Å². The van der Waals surface area contributed by atoms with Crippen molar-refractivity contribution in [2.75, 3.05) is 43.5 Å². The molecular formula is C22H26ClN3O2S. The highest BCUT2D eigenvalue weighted by Gasteiger charge is 2.22. The van der Waals surface area contributed by atoms with Crippen molar-refractivity contribution in [2.45, 2.75) is 11.8 Å². The Morgan fingerprint density at radius 2 is 1.86 bits per heavy atom. The maximum Gasteiger partial charge on any atom is 0.247 e. The van der Waals surface area contributed by atoms with Gasteiger partial charge in [0.2, 0.25) is 5.91 Å². The third-order valence-corrected chi connectivity index (χ3v) is 7.13. The van der Waals surface area contributed by atoms with E-state index in [1.165, 1.54) is 11.0 Å². The molecule has 2 aromatic rings. The molecule has 1 aliphatic rings. The SMILES string of the molecule is C=CC(=O)Nc1ccc(S(=CC)N2CCN(c3cc(Cl)ccc3OC)CC2)cc1. The van der Waals surface area contributed by atoms with Crippen LogP contribution in [0.4, 0.5) is 11.4 Å². The van der Waals surface area contributed by atoms with E-state index in [-0.39, 0.29) is 16.6 Å². The number of nitrogens with zero attached hydrogens (tertiary/aromatic N) is 2. The fourth-order valence-electron chi connectivity index (χ4n) is 3.34. The fraction of sp³-hybridized carbons (Fsp3) is 0.273. The Bertz CT molecular complexity index is 907. The first-order valence-electron chi connectivity index (χ1n) is 9.45. The molecular weight excluding hydrogens is 406 g/mol. The number of anilines is 2. The number of nitrogens with one attached hydrogen (secondary N) is 1. The van der Waals surface area contributed by atoms with Gasteiger partial charge in [0, 0.05) is 41.8 Å². The molecule has 0 spiro atoms. The third-order valence-electron chi connectivity index (χ3n) is 4.77. The number of amides is 1. The predicted octanol–water partition coefficient (Wildman–Crippen LogP) is 4.66. The molecule has 1 unspecified atom stereocenters. The zero-order chi connectivity index (χ0) is 20.8. The quantitative estimate of drug-likeness (QED) is 0.533. The van der Waals surface area contributed by atoms with Gasteiger partial charge < -0.3 is 15.0 Å². The Kier molecular flexibility index (Phi) is 7.36. The summed E-state index contributed by atoms with van der Waals surface area (Å²) in [6.07, 6.45) is 1.27. The molecule has 0 radical (unpaired) electrons. The molecule has 1 heterocycles. The zero-order valence-corrected chi connectivity index (χ0v) is 18.3. The van der Waals surface area contributed by atoms with Gasteiger partial charge in [0.25, 0.3) is 0 Å². The number of rotatable bonds is 6. The van der Waals surface area contributed by atoms with Gasteiger partial charge in [0.15, 0.2) is 0 Å². The first-order valence-corrected chi connectivity index (χ1v) is 11.1. The zero-order valence-electron chi connectivity index (χ0n) is 16.7. The van der Waals surface area contributed by atoms with Crippen LogP contribution in [0.2, 0.25) is 5.02 Å². The van der Waals surface area contributed by atoms with Crippen molar-refractivity contribution in [2.24, 2.45) is 0 Å². The summed E-state index contributed by atoms with van der Waals surface area (Å²) >= 11 is 6.20. The lowest BCUT2D eigenvalue weighted by Crippen LogP contribution is -2.44. The van der Waals surface area contributed by atoms with Crippen LogP contribution in [0, 0.1) is 0 Å². The maximum absolute atomic E-state index is 11.5. The van der Waals surface area contributed by atoms with Crippen molar-refractivity contribution in [3.8, 4) is 5.75 Å². The van der Waals surface area contributed by atoms with E-state index in [9.17, 15) is 4.79 Å². The Balaban J connectivity index is 1.68. The van der Waals surface area contributed by atoms with Gasteiger partial charge in [-0.2, -0.15) is 0 Å². The number of piperazine rings is 1. The average Bonchev–Trinajstić information content (AvgIpc) is 2.76. The summed E-state index contributed by atoms with van der Waals surface area (Å²) in [7, 11) is 1.59. The monoisotopic (exact) mass is 431 g/mol. The summed E-state index contributed by atoms with van der Waals surface area (Å²) in [5.74, 6) is 0.646. The van der Waals surface area contributed by atoms with Crippen molar-refractivity contribution < 1.29 is 9.53 Å². The molecule has 7 heteroatoms. The van der Waals surface area contributed by atoms with E-state index < -0.39 is 0 Å². The molecule has 29 heavy (non-hydrogen) atoms. The predicted molar refractivity (Wildman–Crippen MR) is 125 cm³/mol. The van der Waals surface area contributed by atoms with Gasteiger partial charge in [-0.05, 0) is 60.8 Å². The largest absolute Gasteiger partial charge is 0.495 e. The van der Waals surface area contributed by atoms with E-state index in [0.29, 0.717) is 5.02 Å². The highest BCUT2D eigenvalue weighted by Crippen LogP contribution is 2.35. The number of ether oxygens (including phenoxy) is 1. The van der Waals surface area contributed by atoms with E-state index in [1.807, 2.05) is 30.3 Å². The third kappa shape index (κ3) is 5.21. The molecule has 1 N–H and O–H groups in total. The Labute approximate surface area is 180 Å². The second kappa shape index (κ2) is 9.96. The summed E-state index contributed by atoms with van der Waals surface area (Å²) in [5.41, 5.74) is 1.82. The summed E-state index contributed by atoms with van der Waals surface area (Å²) in [5, 5.41) is 5.75. The molecule has 0 aromatic heterocycles. The van der Waals surface area contributed by atoms with E-state index in [2.05, 4.69) is 45.5 Å². The lowest BCUT2D eigenvalue weighted by molar-refractivity contribution is -0.111. The molecule has 0 bridgehead atoms. The van der Waals surface area contributed by atoms with Crippen LogP contribution in [-0.2, 0) is 4.79 Å². The fourth-order valence-corrected chi connectivity index (χ4v) is 5.35.